The molecule has 39 heavy (non-hydrogen) atoms. The molecule has 4 rings (SSSR count). The lowest BCUT2D eigenvalue weighted by atomic mass is 10.1. The maximum absolute atomic E-state index is 13.5. The molecule has 206 valence electrons. The highest BCUT2D eigenvalue weighted by Crippen LogP contribution is 2.32. The van der Waals surface area contributed by atoms with Gasteiger partial charge in [-0.1, -0.05) is 30.3 Å². The smallest absolute Gasteiger partial charge is 0.382 e. The fourth-order valence-electron chi connectivity index (χ4n) is 3.93. The summed E-state index contributed by atoms with van der Waals surface area (Å²) in [6.45, 7) is 4.90. The highest BCUT2D eigenvalue weighted by Gasteiger charge is 2.34. The number of halogens is 3. The second kappa shape index (κ2) is 12.2. The molecule has 0 saturated carbocycles. The first-order valence-corrected chi connectivity index (χ1v) is 12.2. The molecule has 0 atom stereocenters. The molecule has 8 nitrogen and oxygen atoms in total. The van der Waals surface area contributed by atoms with Crippen molar-refractivity contribution < 1.29 is 32.3 Å². The van der Waals surface area contributed by atoms with Crippen LogP contribution < -0.4 is 26.3 Å². The summed E-state index contributed by atoms with van der Waals surface area (Å²) in [6.07, 6.45) is -1.13. The van der Waals surface area contributed by atoms with Crippen molar-refractivity contribution in [3.8, 4) is 5.75 Å². The zero-order valence-electron chi connectivity index (χ0n) is 21.7. The number of benzene rings is 2. The minimum Gasteiger partial charge on any atom is -0.382 e. The molecule has 0 radical (unpaired) electrons. The molecule has 1 aliphatic carbocycles. The topological polar surface area (TPSA) is 97.5 Å². The lowest BCUT2D eigenvalue weighted by Gasteiger charge is -2.14. The summed E-state index contributed by atoms with van der Waals surface area (Å²) in [5.41, 5.74) is 4.41. The van der Waals surface area contributed by atoms with Gasteiger partial charge in [0.1, 0.15) is 17.8 Å². The molecule has 0 spiro atoms. The van der Waals surface area contributed by atoms with E-state index >= 15 is 0 Å². The van der Waals surface area contributed by atoms with Crippen LogP contribution in [0.25, 0.3) is 11.8 Å². The lowest BCUT2D eigenvalue weighted by Crippen LogP contribution is -2.33. The third-order valence-electron chi connectivity index (χ3n) is 6.14. The Morgan fingerprint density at radius 2 is 1.90 bits per heavy atom. The number of H-pyrrole nitrogens is 1. The first kappa shape index (κ1) is 27.9. The Morgan fingerprint density at radius 3 is 2.67 bits per heavy atom. The number of carbonyl (C=O) groups excluding carboxylic acids is 1. The van der Waals surface area contributed by atoms with Gasteiger partial charge < -0.3 is 24.6 Å². The Kier molecular flexibility index (Phi) is 8.72. The molecule has 3 aromatic rings. The van der Waals surface area contributed by atoms with Gasteiger partial charge in [-0.25, -0.2) is 10.5 Å². The van der Waals surface area contributed by atoms with Gasteiger partial charge in [0.15, 0.2) is 5.75 Å². The van der Waals surface area contributed by atoms with Gasteiger partial charge in [-0.15, -0.1) is 0 Å². The number of aryl methyl sites for hydroxylation is 1. The molecule has 1 aliphatic rings. The number of rotatable bonds is 10. The van der Waals surface area contributed by atoms with Crippen LogP contribution in [0.1, 0.15) is 39.3 Å². The standard InChI is InChI=1S/C28H29F3N4O4/c1-17-7-6-10-24(18(17)2)39-35-22-12-11-19(15-23-26(22)34-25(33-23)16-38-14-13-37-3)32-27(36)20-8-4-5-9-21(20)28(29,30)31/h4-11,15,35H,12-14,16H2,1-3H3,(H,32,36)(H,33,34). The highest BCUT2D eigenvalue weighted by molar-refractivity contribution is 5.97. The van der Waals surface area contributed by atoms with Crippen LogP contribution in [0.3, 0.4) is 0 Å². The molecule has 1 amide bonds. The second-order valence-corrected chi connectivity index (χ2v) is 8.88. The van der Waals surface area contributed by atoms with E-state index in [1.807, 2.05) is 32.0 Å². The molecule has 11 heteroatoms. The maximum Gasteiger partial charge on any atom is 0.417 e. The SMILES string of the molecule is COCCOCc1nc2c([nH]1)=CC(NC(=O)c1ccccc1C(F)(F)F)=CCC=2NOc1cccc(C)c1C. The van der Waals surface area contributed by atoms with E-state index in [4.69, 9.17) is 14.3 Å². The van der Waals surface area contributed by atoms with E-state index < -0.39 is 23.2 Å². The van der Waals surface area contributed by atoms with Crippen molar-refractivity contribution in [1.82, 2.24) is 20.8 Å². The number of imidazole rings is 1. The molecule has 0 aliphatic heterocycles. The fourth-order valence-corrected chi connectivity index (χ4v) is 3.93. The van der Waals surface area contributed by atoms with E-state index in [1.165, 1.54) is 12.1 Å². The van der Waals surface area contributed by atoms with Crippen molar-refractivity contribution in [2.75, 3.05) is 20.3 Å². The first-order chi connectivity index (χ1) is 18.7. The van der Waals surface area contributed by atoms with Crippen LogP contribution in [0.5, 0.6) is 5.75 Å². The van der Waals surface area contributed by atoms with E-state index in [0.29, 0.717) is 46.9 Å². The first-order valence-electron chi connectivity index (χ1n) is 12.2. The number of fused-ring (bicyclic) bond motifs is 1. The normalized spacial score (nSPS) is 13.2. The van der Waals surface area contributed by atoms with Gasteiger partial charge in [0.05, 0.1) is 35.4 Å². The van der Waals surface area contributed by atoms with Crippen molar-refractivity contribution in [2.24, 2.45) is 0 Å². The minimum atomic E-state index is -4.67. The molecule has 1 aromatic heterocycles. The predicted octanol–water partition coefficient (Wildman–Crippen LogP) is 3.40. The van der Waals surface area contributed by atoms with Crippen molar-refractivity contribution in [1.29, 1.82) is 0 Å². The number of nitrogens with one attached hydrogen (secondary N) is 3. The van der Waals surface area contributed by atoms with Gasteiger partial charge in [0.2, 0.25) is 0 Å². The van der Waals surface area contributed by atoms with Gasteiger partial charge in [0, 0.05) is 19.2 Å². The summed E-state index contributed by atoms with van der Waals surface area (Å²) in [6, 6.07) is 10.3. The Morgan fingerprint density at radius 1 is 1.10 bits per heavy atom. The third kappa shape index (κ3) is 6.87. The van der Waals surface area contributed by atoms with Crippen LogP contribution in [0.15, 0.2) is 54.2 Å². The van der Waals surface area contributed by atoms with Crippen LogP contribution in [0, 0.1) is 13.8 Å². The number of methoxy groups -OCH3 is 1. The average Bonchev–Trinajstić information content (AvgIpc) is 3.23. The van der Waals surface area contributed by atoms with Crippen molar-refractivity contribution >= 4 is 17.7 Å². The number of aromatic amines is 1. The summed E-state index contributed by atoms with van der Waals surface area (Å²) in [5, 5.41) is 3.66. The summed E-state index contributed by atoms with van der Waals surface area (Å²) in [4.78, 5) is 26.6. The molecule has 3 N–H and O–H groups in total. The summed E-state index contributed by atoms with van der Waals surface area (Å²) < 4.78 is 51.0. The predicted molar refractivity (Wildman–Crippen MR) is 139 cm³/mol. The lowest BCUT2D eigenvalue weighted by molar-refractivity contribution is -0.137. The zero-order valence-corrected chi connectivity index (χ0v) is 21.7. The molecular weight excluding hydrogens is 513 g/mol. The van der Waals surface area contributed by atoms with E-state index in [0.717, 1.165) is 23.3 Å². The summed E-state index contributed by atoms with van der Waals surface area (Å²) >= 11 is 0. The van der Waals surface area contributed by atoms with Gasteiger partial charge in [-0.05, 0) is 49.2 Å². The molecule has 2 aromatic carbocycles. The minimum absolute atomic E-state index is 0.180. The number of carbonyl (C=O) groups is 1. The van der Waals surface area contributed by atoms with Crippen LogP contribution >= 0.6 is 0 Å². The molecule has 0 unspecified atom stereocenters. The van der Waals surface area contributed by atoms with Crippen LogP contribution in [-0.4, -0.2) is 36.2 Å². The summed E-state index contributed by atoms with van der Waals surface area (Å²) in [5.74, 6) is 0.281. The third-order valence-corrected chi connectivity index (χ3v) is 6.14. The van der Waals surface area contributed by atoms with Gasteiger partial charge >= 0.3 is 6.18 Å². The van der Waals surface area contributed by atoms with Crippen LogP contribution in [-0.2, 0) is 22.3 Å². The number of aromatic nitrogens is 2. The fraction of sp³-hybridized carbons (Fsp3) is 0.286. The molecule has 0 saturated heterocycles. The van der Waals surface area contributed by atoms with Crippen molar-refractivity contribution in [3.63, 3.8) is 0 Å². The van der Waals surface area contributed by atoms with E-state index in [9.17, 15) is 18.0 Å². The number of nitrogens with zero attached hydrogens (tertiary/aromatic N) is 1. The summed E-state index contributed by atoms with van der Waals surface area (Å²) in [7, 11) is 1.57. The molecule has 0 fully saturated rings. The zero-order chi connectivity index (χ0) is 28.0. The highest BCUT2D eigenvalue weighted by atomic mass is 19.4. The Hall–Kier alpha value is -4.09. The monoisotopic (exact) mass is 542 g/mol. The number of allylic oxidation sites excluding steroid dienone is 1. The Labute approximate surface area is 223 Å². The van der Waals surface area contributed by atoms with E-state index in [-0.39, 0.29) is 13.0 Å². The van der Waals surface area contributed by atoms with Crippen LogP contribution in [0.4, 0.5) is 13.2 Å². The number of hydrogen-bond acceptors (Lipinski definition) is 6. The Balaban J connectivity index is 1.63. The van der Waals surface area contributed by atoms with Gasteiger partial charge in [0.25, 0.3) is 5.91 Å². The van der Waals surface area contributed by atoms with Gasteiger partial charge in [-0.3, -0.25) is 4.79 Å². The van der Waals surface area contributed by atoms with E-state index in [2.05, 4.69) is 20.8 Å². The number of alkyl halides is 3. The van der Waals surface area contributed by atoms with Crippen molar-refractivity contribution in [2.45, 2.75) is 33.1 Å². The molecule has 0 bridgehead atoms. The average molecular weight is 543 g/mol. The number of amides is 1. The number of ether oxygens (including phenoxy) is 2. The second-order valence-electron chi connectivity index (χ2n) is 8.88. The molecule has 1 heterocycles. The van der Waals surface area contributed by atoms with E-state index in [1.54, 1.807) is 19.3 Å². The number of hydroxylamine groups is 1. The largest absolute Gasteiger partial charge is 0.417 e. The quantitative estimate of drug-likeness (QED) is 0.269. The van der Waals surface area contributed by atoms with Crippen molar-refractivity contribution in [3.05, 3.63) is 93.0 Å². The Bertz CT molecular complexity index is 1500. The van der Waals surface area contributed by atoms with Gasteiger partial charge in [-0.2, -0.15) is 13.2 Å². The molecular formula is C28H29F3N4O4. The maximum atomic E-state index is 13.5. The number of hydrogen-bond donors (Lipinski definition) is 3. The van der Waals surface area contributed by atoms with Crippen LogP contribution in [0.2, 0.25) is 0 Å².